The standard InChI is InChI=1S/C10H14O/c11-10-4-2-6-1-3-7(10)9-5-8(6)9/h1,3,6-11H,2,4-5H2. The van der Waals surface area contributed by atoms with Crippen molar-refractivity contribution in [3.63, 3.8) is 0 Å². The van der Waals surface area contributed by atoms with E-state index in [1.807, 2.05) is 0 Å². The van der Waals surface area contributed by atoms with Crippen LogP contribution in [0.4, 0.5) is 0 Å². The predicted molar refractivity (Wildman–Crippen MR) is 43.0 cm³/mol. The zero-order valence-electron chi connectivity index (χ0n) is 6.61. The molecule has 2 bridgehead atoms. The Morgan fingerprint density at radius 1 is 1.09 bits per heavy atom. The van der Waals surface area contributed by atoms with E-state index in [-0.39, 0.29) is 6.10 Å². The van der Waals surface area contributed by atoms with E-state index in [1.54, 1.807) is 0 Å². The second kappa shape index (κ2) is 1.89. The Morgan fingerprint density at radius 2 is 2.00 bits per heavy atom. The van der Waals surface area contributed by atoms with Crippen molar-refractivity contribution in [3.05, 3.63) is 12.2 Å². The Kier molecular flexibility index (Phi) is 1.07. The van der Waals surface area contributed by atoms with Gasteiger partial charge in [0.2, 0.25) is 0 Å². The Bertz CT molecular complexity index is 207. The highest BCUT2D eigenvalue weighted by Gasteiger charge is 2.51. The number of aliphatic hydroxyl groups excluding tert-OH is 1. The van der Waals surface area contributed by atoms with Gasteiger partial charge in [0.25, 0.3) is 0 Å². The Balaban J connectivity index is 1.98. The molecule has 2 saturated carbocycles. The molecule has 0 aromatic rings. The first-order chi connectivity index (χ1) is 5.36. The van der Waals surface area contributed by atoms with Gasteiger partial charge in [-0.1, -0.05) is 12.2 Å². The van der Waals surface area contributed by atoms with Crippen LogP contribution in [-0.2, 0) is 0 Å². The van der Waals surface area contributed by atoms with Crippen molar-refractivity contribution in [1.82, 2.24) is 0 Å². The summed E-state index contributed by atoms with van der Waals surface area (Å²) in [6, 6.07) is 0. The molecule has 5 atom stereocenters. The minimum Gasteiger partial charge on any atom is -0.393 e. The summed E-state index contributed by atoms with van der Waals surface area (Å²) < 4.78 is 0. The molecule has 60 valence electrons. The Hall–Kier alpha value is -0.300. The Labute approximate surface area is 67.1 Å². The molecule has 0 radical (unpaired) electrons. The van der Waals surface area contributed by atoms with Crippen molar-refractivity contribution < 1.29 is 5.11 Å². The van der Waals surface area contributed by atoms with Gasteiger partial charge in [-0.05, 0) is 37.0 Å². The van der Waals surface area contributed by atoms with Gasteiger partial charge in [0.1, 0.15) is 0 Å². The number of rotatable bonds is 0. The number of fused-ring (bicyclic) bond motifs is 2. The summed E-state index contributed by atoms with van der Waals surface area (Å²) in [5.74, 6) is 3.18. The maximum atomic E-state index is 9.72. The summed E-state index contributed by atoms with van der Waals surface area (Å²) >= 11 is 0. The molecule has 0 aromatic carbocycles. The normalized spacial score (nSPS) is 58.8. The Morgan fingerprint density at radius 3 is 2.91 bits per heavy atom. The maximum Gasteiger partial charge on any atom is 0.0605 e. The van der Waals surface area contributed by atoms with Crippen LogP contribution in [0, 0.1) is 23.7 Å². The summed E-state index contributed by atoms with van der Waals surface area (Å²) in [5.41, 5.74) is 0. The fourth-order valence-corrected chi connectivity index (χ4v) is 3.01. The van der Waals surface area contributed by atoms with E-state index < -0.39 is 0 Å². The fourth-order valence-electron chi connectivity index (χ4n) is 3.01. The van der Waals surface area contributed by atoms with Gasteiger partial charge in [-0.15, -0.1) is 0 Å². The zero-order chi connectivity index (χ0) is 7.42. The first kappa shape index (κ1) is 6.24. The molecule has 0 spiro atoms. The molecular formula is C10H14O. The zero-order valence-corrected chi connectivity index (χ0v) is 6.61. The van der Waals surface area contributed by atoms with Gasteiger partial charge in [0, 0.05) is 5.92 Å². The van der Waals surface area contributed by atoms with E-state index >= 15 is 0 Å². The summed E-state index contributed by atoms with van der Waals surface area (Å²) in [7, 11) is 0. The van der Waals surface area contributed by atoms with E-state index in [1.165, 1.54) is 12.8 Å². The van der Waals surface area contributed by atoms with Crippen molar-refractivity contribution in [3.8, 4) is 0 Å². The van der Waals surface area contributed by atoms with Crippen LogP contribution in [-0.4, -0.2) is 11.2 Å². The third-order valence-electron chi connectivity index (χ3n) is 3.76. The van der Waals surface area contributed by atoms with E-state index in [0.717, 1.165) is 24.2 Å². The van der Waals surface area contributed by atoms with Crippen LogP contribution in [0.1, 0.15) is 19.3 Å². The summed E-state index contributed by atoms with van der Waals surface area (Å²) in [6.45, 7) is 0. The topological polar surface area (TPSA) is 20.2 Å². The average molecular weight is 150 g/mol. The quantitative estimate of drug-likeness (QED) is 0.520. The molecule has 1 nitrogen and oxygen atoms in total. The summed E-state index contributed by atoms with van der Waals surface area (Å²) in [6.07, 6.45) is 8.27. The van der Waals surface area contributed by atoms with Crippen molar-refractivity contribution in [2.24, 2.45) is 23.7 Å². The number of allylic oxidation sites excluding steroid dienone is 1. The highest BCUT2D eigenvalue weighted by Crippen LogP contribution is 2.57. The maximum absolute atomic E-state index is 9.72. The smallest absolute Gasteiger partial charge is 0.0605 e. The van der Waals surface area contributed by atoms with Gasteiger partial charge in [-0.3, -0.25) is 0 Å². The van der Waals surface area contributed by atoms with Gasteiger partial charge in [-0.2, -0.15) is 0 Å². The van der Waals surface area contributed by atoms with Crippen LogP contribution in [0.3, 0.4) is 0 Å². The van der Waals surface area contributed by atoms with Crippen LogP contribution in [0.5, 0.6) is 0 Å². The van der Waals surface area contributed by atoms with Gasteiger partial charge in [0.15, 0.2) is 0 Å². The van der Waals surface area contributed by atoms with E-state index in [2.05, 4.69) is 12.2 Å². The van der Waals surface area contributed by atoms with E-state index in [9.17, 15) is 5.11 Å². The highest BCUT2D eigenvalue weighted by molar-refractivity contribution is 5.16. The van der Waals surface area contributed by atoms with Crippen molar-refractivity contribution in [2.45, 2.75) is 25.4 Å². The molecule has 1 N–H and O–H groups in total. The van der Waals surface area contributed by atoms with Crippen molar-refractivity contribution >= 4 is 0 Å². The molecule has 4 aliphatic carbocycles. The highest BCUT2D eigenvalue weighted by atomic mass is 16.3. The number of hydrogen-bond donors (Lipinski definition) is 1. The fraction of sp³-hybridized carbons (Fsp3) is 0.800. The number of aliphatic hydroxyl groups is 1. The molecule has 11 heavy (non-hydrogen) atoms. The molecule has 0 saturated heterocycles. The molecule has 5 unspecified atom stereocenters. The molecule has 2 fully saturated rings. The van der Waals surface area contributed by atoms with Crippen molar-refractivity contribution in [2.75, 3.05) is 0 Å². The van der Waals surface area contributed by atoms with Gasteiger partial charge in [0.05, 0.1) is 6.10 Å². The van der Waals surface area contributed by atoms with Gasteiger partial charge < -0.3 is 5.11 Å². The second-order valence-electron chi connectivity index (χ2n) is 4.33. The summed E-state index contributed by atoms with van der Waals surface area (Å²) in [5, 5.41) is 9.72. The minimum atomic E-state index is -0.0197. The van der Waals surface area contributed by atoms with Crippen LogP contribution in [0.15, 0.2) is 12.2 Å². The first-order valence-corrected chi connectivity index (χ1v) is 4.72. The third kappa shape index (κ3) is 0.750. The average Bonchev–Trinajstić information content (AvgIpc) is 2.74. The monoisotopic (exact) mass is 150 g/mol. The van der Waals surface area contributed by atoms with Crippen LogP contribution in [0.25, 0.3) is 0 Å². The lowest BCUT2D eigenvalue weighted by atomic mass is 9.90. The molecular weight excluding hydrogens is 136 g/mol. The second-order valence-corrected chi connectivity index (χ2v) is 4.33. The molecule has 0 aromatic heterocycles. The molecule has 0 amide bonds. The first-order valence-electron chi connectivity index (χ1n) is 4.72. The number of hydrogen-bond acceptors (Lipinski definition) is 1. The summed E-state index contributed by atoms with van der Waals surface area (Å²) in [4.78, 5) is 0. The minimum absolute atomic E-state index is 0.0197. The molecule has 0 aliphatic heterocycles. The molecule has 0 heterocycles. The third-order valence-corrected chi connectivity index (χ3v) is 3.76. The molecule has 4 rings (SSSR count). The van der Waals surface area contributed by atoms with E-state index in [0.29, 0.717) is 5.92 Å². The largest absolute Gasteiger partial charge is 0.393 e. The van der Waals surface area contributed by atoms with Crippen LogP contribution >= 0.6 is 0 Å². The lowest BCUT2D eigenvalue weighted by Crippen LogP contribution is -2.19. The van der Waals surface area contributed by atoms with E-state index in [4.69, 9.17) is 0 Å². The SMILES string of the molecule is OC1CCC2C=CC1C1CC21. The predicted octanol–water partition coefficient (Wildman–Crippen LogP) is 1.58. The van der Waals surface area contributed by atoms with Crippen molar-refractivity contribution in [1.29, 1.82) is 0 Å². The van der Waals surface area contributed by atoms with Gasteiger partial charge in [-0.25, -0.2) is 0 Å². The van der Waals surface area contributed by atoms with Gasteiger partial charge >= 0.3 is 0 Å². The molecule has 4 aliphatic rings. The van der Waals surface area contributed by atoms with Crippen LogP contribution < -0.4 is 0 Å². The van der Waals surface area contributed by atoms with Crippen LogP contribution in [0.2, 0.25) is 0 Å². The molecule has 1 heteroatoms. The lowest BCUT2D eigenvalue weighted by Gasteiger charge is -2.18. The lowest BCUT2D eigenvalue weighted by molar-refractivity contribution is 0.115.